The first-order chi connectivity index (χ1) is 3.68. The Morgan fingerprint density at radius 3 is 1.75 bits per heavy atom. The first-order valence-corrected chi connectivity index (χ1v) is 1.97. The molecule has 0 saturated carbocycles. The maximum Gasteiger partial charge on any atom is 0.210 e. The summed E-state index contributed by atoms with van der Waals surface area (Å²) in [6.07, 6.45) is 9.45. The molecule has 0 aliphatic heterocycles. The molecule has 0 spiro atoms. The third-order valence-electron chi connectivity index (χ3n) is 0.706. The molecule has 2 heteroatoms. The molecule has 0 radical (unpaired) electrons. The SMILES string of the molecule is C#CC(O)(C#C)CO. The normalized spacial score (nSPS) is 9.50. The average molecular weight is 110 g/mol. The van der Waals surface area contributed by atoms with Gasteiger partial charge in [0.1, 0.15) is 0 Å². The third kappa shape index (κ3) is 1.27. The predicted molar refractivity (Wildman–Crippen MR) is 29.7 cm³/mol. The van der Waals surface area contributed by atoms with E-state index in [-0.39, 0.29) is 0 Å². The van der Waals surface area contributed by atoms with Crippen molar-refractivity contribution in [3.63, 3.8) is 0 Å². The zero-order valence-electron chi connectivity index (χ0n) is 4.26. The molecule has 42 valence electrons. The Hall–Kier alpha value is -0.960. The van der Waals surface area contributed by atoms with Crippen LogP contribution in [0, 0.1) is 24.7 Å². The number of aliphatic hydroxyl groups excluding tert-OH is 1. The van der Waals surface area contributed by atoms with Gasteiger partial charge in [-0.05, 0) is 0 Å². The van der Waals surface area contributed by atoms with Crippen LogP contribution in [-0.4, -0.2) is 22.4 Å². The van der Waals surface area contributed by atoms with Crippen molar-refractivity contribution in [2.45, 2.75) is 5.60 Å². The van der Waals surface area contributed by atoms with E-state index in [0.717, 1.165) is 0 Å². The number of terminal acetylenes is 2. The fourth-order valence-electron chi connectivity index (χ4n) is 0.133. The Kier molecular flexibility index (Phi) is 2.09. The van der Waals surface area contributed by atoms with Gasteiger partial charge in [0.15, 0.2) is 0 Å². The Bertz CT molecular complexity index is 133. The lowest BCUT2D eigenvalue weighted by atomic mass is 10.1. The highest BCUT2D eigenvalue weighted by atomic mass is 16.3. The van der Waals surface area contributed by atoms with Crippen LogP contribution in [0.5, 0.6) is 0 Å². The van der Waals surface area contributed by atoms with Crippen molar-refractivity contribution in [2.75, 3.05) is 6.61 Å². The van der Waals surface area contributed by atoms with Gasteiger partial charge in [-0.15, -0.1) is 12.8 Å². The van der Waals surface area contributed by atoms with Gasteiger partial charge >= 0.3 is 0 Å². The zero-order valence-corrected chi connectivity index (χ0v) is 4.26. The van der Waals surface area contributed by atoms with Crippen LogP contribution in [0.1, 0.15) is 0 Å². The third-order valence-corrected chi connectivity index (χ3v) is 0.706. The molecule has 8 heavy (non-hydrogen) atoms. The minimum Gasteiger partial charge on any atom is -0.391 e. The van der Waals surface area contributed by atoms with E-state index in [1.54, 1.807) is 0 Å². The highest BCUT2D eigenvalue weighted by molar-refractivity contribution is 5.23. The molecule has 0 rings (SSSR count). The second-order valence-corrected chi connectivity index (χ2v) is 1.31. The number of hydrogen-bond donors (Lipinski definition) is 2. The van der Waals surface area contributed by atoms with Crippen LogP contribution in [0.15, 0.2) is 0 Å². The van der Waals surface area contributed by atoms with Crippen LogP contribution in [-0.2, 0) is 0 Å². The van der Waals surface area contributed by atoms with Gasteiger partial charge in [-0.25, -0.2) is 0 Å². The molecule has 0 aromatic rings. The fourth-order valence-corrected chi connectivity index (χ4v) is 0.133. The Balaban J connectivity index is 4.11. The van der Waals surface area contributed by atoms with Crippen LogP contribution in [0.2, 0.25) is 0 Å². The van der Waals surface area contributed by atoms with Crippen molar-refractivity contribution in [1.29, 1.82) is 0 Å². The smallest absolute Gasteiger partial charge is 0.210 e. The molecular weight excluding hydrogens is 104 g/mol. The summed E-state index contributed by atoms with van der Waals surface area (Å²) in [5, 5.41) is 17.0. The lowest BCUT2D eigenvalue weighted by molar-refractivity contribution is 0.0841. The van der Waals surface area contributed by atoms with Crippen LogP contribution >= 0.6 is 0 Å². The van der Waals surface area contributed by atoms with E-state index in [1.807, 2.05) is 11.8 Å². The molecule has 0 amide bonds. The lowest BCUT2D eigenvalue weighted by Gasteiger charge is -2.08. The van der Waals surface area contributed by atoms with Gasteiger partial charge in [-0.1, -0.05) is 11.8 Å². The Morgan fingerprint density at radius 1 is 1.38 bits per heavy atom. The standard InChI is InChI=1S/C6H6O2/c1-3-6(8,4-2)5-7/h1-2,7-8H,5H2. The number of aliphatic hydroxyl groups is 2. The molecule has 0 fully saturated rings. The van der Waals surface area contributed by atoms with Gasteiger partial charge in [0, 0.05) is 0 Å². The molecule has 2 N–H and O–H groups in total. The van der Waals surface area contributed by atoms with Gasteiger partial charge in [-0.2, -0.15) is 0 Å². The van der Waals surface area contributed by atoms with E-state index in [4.69, 9.17) is 23.1 Å². The van der Waals surface area contributed by atoms with Crippen molar-refractivity contribution in [2.24, 2.45) is 0 Å². The summed E-state index contributed by atoms with van der Waals surface area (Å²) >= 11 is 0. The number of hydrogen-bond acceptors (Lipinski definition) is 2. The van der Waals surface area contributed by atoms with E-state index in [9.17, 15) is 0 Å². The lowest BCUT2D eigenvalue weighted by Crippen LogP contribution is -2.28. The van der Waals surface area contributed by atoms with Gasteiger partial charge < -0.3 is 10.2 Å². The van der Waals surface area contributed by atoms with E-state index in [1.165, 1.54) is 0 Å². The summed E-state index contributed by atoms with van der Waals surface area (Å²) in [4.78, 5) is 0. The second kappa shape index (κ2) is 2.37. The van der Waals surface area contributed by atoms with Gasteiger partial charge in [0.2, 0.25) is 5.60 Å². The summed E-state index contributed by atoms with van der Waals surface area (Å²) in [5.41, 5.74) is -1.76. The highest BCUT2D eigenvalue weighted by Gasteiger charge is 2.17. The molecule has 0 aliphatic rings. The predicted octanol–water partition coefficient (Wildman–Crippen LogP) is -1.02. The molecular formula is C6H6O2. The van der Waals surface area contributed by atoms with Gasteiger partial charge in [0.05, 0.1) is 6.61 Å². The summed E-state index contributed by atoms with van der Waals surface area (Å²) in [7, 11) is 0. The minimum absolute atomic E-state index is 0.597. The first kappa shape index (κ1) is 7.04. The van der Waals surface area contributed by atoms with Crippen molar-refractivity contribution >= 4 is 0 Å². The maximum atomic E-state index is 8.72. The molecule has 0 saturated heterocycles. The van der Waals surface area contributed by atoms with E-state index >= 15 is 0 Å². The van der Waals surface area contributed by atoms with Gasteiger partial charge in [0.25, 0.3) is 0 Å². The van der Waals surface area contributed by atoms with Crippen LogP contribution in [0.25, 0.3) is 0 Å². The van der Waals surface area contributed by atoms with Crippen molar-refractivity contribution in [1.82, 2.24) is 0 Å². The summed E-state index contributed by atoms with van der Waals surface area (Å²) < 4.78 is 0. The van der Waals surface area contributed by atoms with E-state index < -0.39 is 12.2 Å². The molecule has 0 aromatic heterocycles. The zero-order chi connectivity index (χ0) is 6.62. The molecule has 0 heterocycles. The van der Waals surface area contributed by atoms with Crippen LogP contribution in [0.3, 0.4) is 0 Å². The maximum absolute atomic E-state index is 8.72. The largest absolute Gasteiger partial charge is 0.391 e. The molecule has 0 atom stereocenters. The second-order valence-electron chi connectivity index (χ2n) is 1.31. The number of rotatable bonds is 1. The van der Waals surface area contributed by atoms with E-state index in [0.29, 0.717) is 0 Å². The average Bonchev–Trinajstić information content (AvgIpc) is 1.87. The summed E-state index contributed by atoms with van der Waals surface area (Å²) in [6, 6.07) is 0. The van der Waals surface area contributed by atoms with E-state index in [2.05, 4.69) is 0 Å². The first-order valence-electron chi connectivity index (χ1n) is 1.97. The molecule has 2 nitrogen and oxygen atoms in total. The van der Waals surface area contributed by atoms with Crippen LogP contribution in [0.4, 0.5) is 0 Å². The summed E-state index contributed by atoms with van der Waals surface area (Å²) in [5.74, 6) is 3.69. The Morgan fingerprint density at radius 2 is 1.75 bits per heavy atom. The minimum atomic E-state index is -1.76. The monoisotopic (exact) mass is 110 g/mol. The quantitative estimate of drug-likeness (QED) is 0.424. The van der Waals surface area contributed by atoms with Crippen molar-refractivity contribution in [3.8, 4) is 24.7 Å². The van der Waals surface area contributed by atoms with Crippen molar-refractivity contribution in [3.05, 3.63) is 0 Å². The molecule has 0 aliphatic carbocycles. The van der Waals surface area contributed by atoms with Crippen LogP contribution < -0.4 is 0 Å². The highest BCUT2D eigenvalue weighted by Crippen LogP contribution is 1.95. The molecule has 0 aromatic carbocycles. The molecule has 0 bridgehead atoms. The summed E-state index contributed by atoms with van der Waals surface area (Å²) in [6.45, 7) is -0.597. The van der Waals surface area contributed by atoms with Crippen molar-refractivity contribution < 1.29 is 10.2 Å². The Labute approximate surface area is 48.2 Å². The fraction of sp³-hybridized carbons (Fsp3) is 0.333. The molecule has 0 unspecified atom stereocenters. The van der Waals surface area contributed by atoms with Gasteiger partial charge in [-0.3, -0.25) is 0 Å². The topological polar surface area (TPSA) is 40.5 Å².